The van der Waals surface area contributed by atoms with Crippen molar-refractivity contribution in [1.29, 1.82) is 0 Å². The Hall–Kier alpha value is -13.0. The van der Waals surface area contributed by atoms with Crippen molar-refractivity contribution >= 4 is 184 Å². The number of sulfonamides is 3. The number of azo groups is 6. The molecule has 0 spiro atoms. The first kappa shape index (κ1) is 122. The van der Waals surface area contributed by atoms with Gasteiger partial charge in [0.15, 0.2) is 17.2 Å². The van der Waals surface area contributed by atoms with Gasteiger partial charge in [-0.25, -0.2) is 60.0 Å². The third-order valence-electron chi connectivity index (χ3n) is 22.3. The molecule has 0 saturated carbocycles. The molecule has 150 heavy (non-hydrogen) atoms. The molecular weight excluding hydrogens is 2060 g/mol. The molecule has 0 fully saturated rings. The van der Waals surface area contributed by atoms with E-state index in [4.69, 9.17) is 0 Å². The third-order valence-corrected chi connectivity index (χ3v) is 29.1. The molecule has 0 atom stereocenters. The van der Waals surface area contributed by atoms with E-state index in [0.29, 0.717) is 89.2 Å². The van der Waals surface area contributed by atoms with Gasteiger partial charge in [-0.2, -0.15) is 46.0 Å². The van der Waals surface area contributed by atoms with E-state index in [2.05, 4.69) is 91.5 Å². The minimum Gasteiger partial charge on any atom is -0.744 e. The van der Waals surface area contributed by atoms with E-state index in [1.54, 1.807) is 124 Å². The molecule has 760 valence electrons. The van der Waals surface area contributed by atoms with E-state index in [-0.39, 0.29) is 120 Å². The van der Waals surface area contributed by atoms with Gasteiger partial charge < -0.3 is 44.9 Å². The molecular formula is C105H103N18Na3O18S6. The number of para-hydroxylation sites is 3. The van der Waals surface area contributed by atoms with Crippen molar-refractivity contribution in [3.63, 3.8) is 0 Å². The predicted octanol–water partition coefficient (Wildman–Crippen LogP) is 16.7. The summed E-state index contributed by atoms with van der Waals surface area (Å²) in [6.07, 6.45) is 0. The second-order valence-corrected chi connectivity index (χ2v) is 42.4. The Morgan fingerprint density at radius 1 is 0.247 bits per heavy atom. The summed E-state index contributed by atoms with van der Waals surface area (Å²) in [6.45, 7) is 19.2. The molecule has 0 aliphatic carbocycles. The Kier molecular flexibility index (Phi) is 44.5. The number of anilines is 7. The second-order valence-electron chi connectivity index (χ2n) is 32.9. The topological polar surface area (TPSA) is 555 Å². The van der Waals surface area contributed by atoms with Crippen molar-refractivity contribution in [1.82, 2.24) is 9.44 Å². The van der Waals surface area contributed by atoms with Crippen molar-refractivity contribution in [2.75, 3.05) is 55.9 Å². The molecule has 45 heteroatoms. The van der Waals surface area contributed by atoms with Crippen LogP contribution >= 0.6 is 0 Å². The van der Waals surface area contributed by atoms with Crippen LogP contribution in [-0.4, -0.2) is 115 Å². The Morgan fingerprint density at radius 2 is 0.487 bits per heavy atom. The van der Waals surface area contributed by atoms with E-state index in [9.17, 15) is 79.5 Å². The normalized spacial score (nSPS) is 11.7. The molecule has 0 aliphatic rings. The van der Waals surface area contributed by atoms with Gasteiger partial charge in [-0.3, -0.25) is 4.72 Å². The molecule has 0 bridgehead atoms. The van der Waals surface area contributed by atoms with Crippen molar-refractivity contribution in [3.8, 4) is 17.2 Å². The number of hydrogen-bond acceptors (Lipinski definition) is 33. The molecule has 16 rings (SSSR count). The van der Waals surface area contributed by atoms with Crippen LogP contribution in [0.15, 0.2) is 388 Å². The maximum absolute atomic E-state index is 12.2. The predicted molar refractivity (Wildman–Crippen MR) is 570 cm³/mol. The fourth-order valence-electron chi connectivity index (χ4n) is 14.2. The molecule has 0 aromatic heterocycles. The zero-order chi connectivity index (χ0) is 107. The van der Waals surface area contributed by atoms with Crippen LogP contribution in [0.5, 0.6) is 17.2 Å². The summed E-state index contributed by atoms with van der Waals surface area (Å²) in [4.78, 5) is -1.27. The fourth-order valence-corrected chi connectivity index (χ4v) is 18.6. The maximum Gasteiger partial charge on any atom is 1.00 e. The average Bonchev–Trinajstić information content (AvgIpc) is 0.769. The molecule has 0 amide bonds. The van der Waals surface area contributed by atoms with Gasteiger partial charge in [-0.15, -0.1) is 15.3 Å². The van der Waals surface area contributed by atoms with E-state index in [1.807, 2.05) is 209 Å². The molecule has 0 saturated heterocycles. The van der Waals surface area contributed by atoms with Crippen molar-refractivity contribution in [3.05, 3.63) is 353 Å². The smallest absolute Gasteiger partial charge is 0.744 e. The summed E-state index contributed by atoms with van der Waals surface area (Å²) < 4.78 is 185. The molecule has 0 radical (unpaired) electrons. The van der Waals surface area contributed by atoms with E-state index in [0.717, 1.165) is 72.7 Å². The Labute approximate surface area is 937 Å². The standard InChI is InChI=1S/3C25H23N3O4S.C14H15N3O2S.2C8H11N3O2S.3Na/c3*1-15-11-17(3)22(12-16(15)2)27-28-24-23(33(30,31)32)14-18-13-20(9-10-21(18)25(24)29)26-19-7-5-4-6-8-19;1-11-3-5-13(6-4-11)17-20(18,19)14-9-7-12(8-10-14)16-15-2;2*1-9-11-7-3-5-8(6-4-7)14(12,13)10-2;;;/h3*4-14,26,29H,1-3H3,(H,30,31,32);3-10,17H,1-2H3;2*3-6,10H,1-2H3;;;/q;;;;;;3*+1/p-3. The summed E-state index contributed by atoms with van der Waals surface area (Å²) in [5.74, 6) is -1.25. The number of phenolic OH excluding ortho intramolecular Hbond substituents is 3. The summed E-state index contributed by atoms with van der Waals surface area (Å²) in [5.41, 5.74) is 17.2. The van der Waals surface area contributed by atoms with E-state index in [1.165, 1.54) is 68.7 Å². The van der Waals surface area contributed by atoms with E-state index >= 15 is 0 Å². The first-order valence-electron chi connectivity index (χ1n) is 44.5. The average molecular weight is 2170 g/mol. The minimum absolute atomic E-state index is 0. The van der Waals surface area contributed by atoms with Crippen molar-refractivity contribution in [2.45, 2.75) is 98.6 Å². The molecule has 0 aliphatic heterocycles. The minimum atomic E-state index is -4.93. The number of hydrogen-bond donors (Lipinski definition) is 9. The van der Waals surface area contributed by atoms with Crippen LogP contribution in [0, 0.1) is 69.2 Å². The number of nitrogens with one attached hydrogen (secondary N) is 6. The van der Waals surface area contributed by atoms with Gasteiger partial charge in [0.05, 0.1) is 63.5 Å². The number of nitrogens with zero attached hydrogens (tertiary/aromatic N) is 12. The molecule has 0 heterocycles. The van der Waals surface area contributed by atoms with Crippen molar-refractivity contribution in [2.24, 2.45) is 61.4 Å². The first-order chi connectivity index (χ1) is 69.6. The van der Waals surface area contributed by atoms with Gasteiger partial charge in [0, 0.05) is 77.1 Å². The number of phenols is 3. The largest absolute Gasteiger partial charge is 1.00 e. The van der Waals surface area contributed by atoms with Crippen molar-refractivity contribution < 1.29 is 168 Å². The third kappa shape index (κ3) is 33.5. The van der Waals surface area contributed by atoms with Crippen LogP contribution in [-0.2, 0) is 60.4 Å². The van der Waals surface area contributed by atoms with Gasteiger partial charge in [-0.1, -0.05) is 90.5 Å². The molecule has 16 aromatic carbocycles. The van der Waals surface area contributed by atoms with Gasteiger partial charge >= 0.3 is 88.7 Å². The number of fused-ring (bicyclic) bond motifs is 3. The van der Waals surface area contributed by atoms with E-state index < -0.39 is 92.4 Å². The number of benzene rings is 16. The number of aromatic hydroxyl groups is 3. The number of rotatable bonds is 25. The van der Waals surface area contributed by atoms with Crippen LogP contribution < -0.4 is 119 Å². The maximum atomic E-state index is 12.2. The quantitative estimate of drug-likeness (QED) is 0.0146. The van der Waals surface area contributed by atoms with Crippen LogP contribution in [0.4, 0.5) is 91.0 Å². The van der Waals surface area contributed by atoms with Gasteiger partial charge in [-0.05, 0) is 362 Å². The van der Waals surface area contributed by atoms with Gasteiger partial charge in [0.25, 0.3) is 10.0 Å². The SMILES string of the molecule is CN=Nc1ccc(S(=O)(=O)NC)cc1.CN=Nc1ccc(S(=O)(=O)NC)cc1.CN=Nc1ccc(S(=O)(=O)Nc2ccc(C)cc2)cc1.Cc1cc(C)c(N=Nc2c(S(=O)(=O)[O-])cc3cc(Nc4ccccc4)ccc3c2O)cc1C.Cc1cc(C)c(N=Nc2c(S(=O)(=O)[O-])cc3cc(Nc4ccccc4)ccc3c2O)cc1C.Cc1cc(C)c(N=Nc2c(S(=O)(=O)[O-])cc3cc(Nc4ccccc4)ccc3c2O)cc1C.[Na+].[Na+].[Na+]. The van der Waals surface area contributed by atoms with Gasteiger partial charge in [0.2, 0.25) is 20.0 Å². The summed E-state index contributed by atoms with van der Waals surface area (Å²) >= 11 is 0. The summed E-state index contributed by atoms with van der Waals surface area (Å²) in [7, 11) is -17.7. The molecule has 16 aromatic rings. The monoisotopic (exact) mass is 2160 g/mol. The Morgan fingerprint density at radius 3 is 0.727 bits per heavy atom. The van der Waals surface area contributed by atoms with Crippen LogP contribution in [0.25, 0.3) is 32.3 Å². The molecule has 36 nitrogen and oxygen atoms in total. The zero-order valence-corrected chi connectivity index (χ0v) is 96.0. The Balaban J connectivity index is 0.000000225. The molecule has 0 unspecified atom stereocenters. The summed E-state index contributed by atoms with van der Waals surface area (Å²) in [5, 5.41) is 90.9. The Bertz CT molecular complexity index is 7870. The zero-order valence-electron chi connectivity index (χ0n) is 85.1. The van der Waals surface area contributed by atoms with Crippen LogP contribution in [0.1, 0.15) is 55.6 Å². The molecule has 9 N–H and O–H groups in total. The first-order valence-corrected chi connectivity index (χ1v) is 53.2. The van der Waals surface area contributed by atoms with Crippen LogP contribution in [0.3, 0.4) is 0 Å². The number of aryl methyl sites for hydroxylation is 10. The fraction of sp³-hybridized carbons (Fsp3) is 0.143. The summed E-state index contributed by atoms with van der Waals surface area (Å²) in [6, 6.07) is 84.0. The second kappa shape index (κ2) is 54.6. The van der Waals surface area contributed by atoms with Crippen LogP contribution in [0.2, 0.25) is 0 Å². The van der Waals surface area contributed by atoms with Gasteiger partial charge in [0.1, 0.15) is 47.4 Å².